The van der Waals surface area contributed by atoms with Gasteiger partial charge >= 0.3 is 5.63 Å². The standard InChI is InChI=1S/C22H23NO4/c1-13-7-5-6-8-18(13)15(3)23-22(25)16(4)26-17-9-10-19-14(2)11-21(24)27-20(19)12-17/h5-12,15-16H,1-4H3,(H,23,25)/t15-,16-/m0/s1. The first-order chi connectivity index (χ1) is 12.8. The average Bonchev–Trinajstić information content (AvgIpc) is 2.61. The van der Waals surface area contributed by atoms with Gasteiger partial charge in [-0.15, -0.1) is 0 Å². The van der Waals surface area contributed by atoms with Crippen LogP contribution in [0.5, 0.6) is 5.75 Å². The Kier molecular flexibility index (Phi) is 5.31. The predicted octanol–water partition coefficient (Wildman–Crippen LogP) is 4.05. The zero-order chi connectivity index (χ0) is 19.6. The molecule has 0 aliphatic carbocycles. The van der Waals surface area contributed by atoms with Crippen LogP contribution in [0.1, 0.15) is 36.6 Å². The van der Waals surface area contributed by atoms with Gasteiger partial charge in [0.2, 0.25) is 0 Å². The zero-order valence-corrected chi connectivity index (χ0v) is 15.9. The van der Waals surface area contributed by atoms with Gasteiger partial charge in [0, 0.05) is 17.5 Å². The van der Waals surface area contributed by atoms with Crippen molar-refractivity contribution < 1.29 is 13.9 Å². The molecule has 0 aliphatic rings. The largest absolute Gasteiger partial charge is 0.481 e. The Morgan fingerprint density at radius 2 is 1.78 bits per heavy atom. The van der Waals surface area contributed by atoms with Crippen molar-refractivity contribution in [2.45, 2.75) is 39.8 Å². The Labute approximate surface area is 158 Å². The molecule has 0 fully saturated rings. The summed E-state index contributed by atoms with van der Waals surface area (Å²) in [5.74, 6) is 0.263. The first-order valence-corrected chi connectivity index (χ1v) is 8.92. The molecule has 0 spiro atoms. The first kappa shape index (κ1) is 18.7. The van der Waals surface area contributed by atoms with Crippen LogP contribution < -0.4 is 15.7 Å². The number of carbonyl (C=O) groups is 1. The second kappa shape index (κ2) is 7.66. The van der Waals surface area contributed by atoms with Gasteiger partial charge in [0.05, 0.1) is 6.04 Å². The molecule has 3 aromatic rings. The minimum Gasteiger partial charge on any atom is -0.481 e. The van der Waals surface area contributed by atoms with Crippen molar-refractivity contribution in [2.75, 3.05) is 0 Å². The van der Waals surface area contributed by atoms with E-state index in [4.69, 9.17) is 9.15 Å². The fourth-order valence-electron chi connectivity index (χ4n) is 3.12. The molecule has 140 valence electrons. The summed E-state index contributed by atoms with van der Waals surface area (Å²) in [5, 5.41) is 3.82. The molecular weight excluding hydrogens is 342 g/mol. The zero-order valence-electron chi connectivity index (χ0n) is 15.9. The number of nitrogens with one attached hydrogen (secondary N) is 1. The Morgan fingerprint density at radius 3 is 2.52 bits per heavy atom. The third kappa shape index (κ3) is 4.19. The van der Waals surface area contributed by atoms with Crippen LogP contribution in [0, 0.1) is 13.8 Å². The topological polar surface area (TPSA) is 68.5 Å². The Balaban J connectivity index is 1.72. The van der Waals surface area contributed by atoms with Gasteiger partial charge in [0.25, 0.3) is 5.91 Å². The number of hydrogen-bond donors (Lipinski definition) is 1. The molecule has 2 aromatic carbocycles. The molecule has 5 nitrogen and oxygen atoms in total. The van der Waals surface area contributed by atoms with Crippen molar-refractivity contribution in [1.29, 1.82) is 0 Å². The van der Waals surface area contributed by atoms with E-state index in [-0.39, 0.29) is 11.9 Å². The number of ether oxygens (including phenoxy) is 1. The predicted molar refractivity (Wildman–Crippen MR) is 105 cm³/mol. The van der Waals surface area contributed by atoms with Crippen LogP contribution in [0.3, 0.4) is 0 Å². The summed E-state index contributed by atoms with van der Waals surface area (Å²) in [7, 11) is 0. The highest BCUT2D eigenvalue weighted by Gasteiger charge is 2.19. The highest BCUT2D eigenvalue weighted by molar-refractivity contribution is 5.83. The lowest BCUT2D eigenvalue weighted by Gasteiger charge is -2.20. The number of amides is 1. The summed E-state index contributed by atoms with van der Waals surface area (Å²) in [6.07, 6.45) is -0.689. The van der Waals surface area contributed by atoms with Gasteiger partial charge in [-0.1, -0.05) is 24.3 Å². The van der Waals surface area contributed by atoms with E-state index in [0.29, 0.717) is 11.3 Å². The number of aryl methyl sites for hydroxylation is 2. The monoisotopic (exact) mass is 365 g/mol. The Morgan fingerprint density at radius 1 is 1.04 bits per heavy atom. The van der Waals surface area contributed by atoms with Gasteiger partial charge in [0.15, 0.2) is 6.10 Å². The molecular formula is C22H23NO4. The molecule has 0 unspecified atom stereocenters. The van der Waals surface area contributed by atoms with E-state index in [9.17, 15) is 9.59 Å². The highest BCUT2D eigenvalue weighted by atomic mass is 16.5. The summed E-state index contributed by atoms with van der Waals surface area (Å²) >= 11 is 0. The second-order valence-corrected chi connectivity index (χ2v) is 6.75. The van der Waals surface area contributed by atoms with E-state index in [1.54, 1.807) is 19.1 Å². The quantitative estimate of drug-likeness (QED) is 0.693. The molecule has 27 heavy (non-hydrogen) atoms. The molecule has 2 atom stereocenters. The van der Waals surface area contributed by atoms with Crippen LogP contribution >= 0.6 is 0 Å². The molecule has 1 N–H and O–H groups in total. The number of benzene rings is 2. The fourth-order valence-corrected chi connectivity index (χ4v) is 3.12. The summed E-state index contributed by atoms with van der Waals surface area (Å²) in [6.45, 7) is 7.50. The molecule has 1 heterocycles. The highest BCUT2D eigenvalue weighted by Crippen LogP contribution is 2.23. The molecule has 0 aliphatic heterocycles. The SMILES string of the molecule is Cc1ccccc1[C@H](C)NC(=O)[C@H](C)Oc1ccc2c(C)cc(=O)oc2c1. The normalized spacial score (nSPS) is 13.2. The van der Waals surface area contributed by atoms with E-state index < -0.39 is 11.7 Å². The molecule has 1 amide bonds. The van der Waals surface area contributed by atoms with Crippen molar-refractivity contribution in [3.63, 3.8) is 0 Å². The Bertz CT molecular complexity index is 1040. The van der Waals surface area contributed by atoms with E-state index in [1.165, 1.54) is 6.07 Å². The second-order valence-electron chi connectivity index (χ2n) is 6.75. The number of hydrogen-bond acceptors (Lipinski definition) is 4. The fraction of sp³-hybridized carbons (Fsp3) is 0.273. The minimum atomic E-state index is -0.689. The molecule has 0 saturated carbocycles. The van der Waals surface area contributed by atoms with Gasteiger partial charge < -0.3 is 14.5 Å². The van der Waals surface area contributed by atoms with Crippen molar-refractivity contribution in [1.82, 2.24) is 5.32 Å². The lowest BCUT2D eigenvalue weighted by atomic mass is 10.0. The van der Waals surface area contributed by atoms with Crippen molar-refractivity contribution in [3.8, 4) is 5.75 Å². The molecule has 1 aromatic heterocycles. The van der Waals surface area contributed by atoms with Crippen molar-refractivity contribution >= 4 is 16.9 Å². The molecule has 3 rings (SSSR count). The lowest BCUT2D eigenvalue weighted by molar-refractivity contribution is -0.127. The van der Waals surface area contributed by atoms with Crippen LogP contribution in [0.2, 0.25) is 0 Å². The van der Waals surface area contributed by atoms with E-state index in [0.717, 1.165) is 22.1 Å². The van der Waals surface area contributed by atoms with Gasteiger partial charge in [-0.2, -0.15) is 0 Å². The maximum Gasteiger partial charge on any atom is 0.336 e. The van der Waals surface area contributed by atoms with Crippen LogP contribution in [0.4, 0.5) is 0 Å². The summed E-state index contributed by atoms with van der Waals surface area (Å²) in [4.78, 5) is 24.1. The van der Waals surface area contributed by atoms with E-state index in [2.05, 4.69) is 5.32 Å². The Hall–Kier alpha value is -3.08. The maximum atomic E-state index is 12.5. The average molecular weight is 365 g/mol. The van der Waals surface area contributed by atoms with Crippen LogP contribution in [-0.4, -0.2) is 12.0 Å². The maximum absolute atomic E-state index is 12.5. The van der Waals surface area contributed by atoms with Gasteiger partial charge in [-0.05, 0) is 56.5 Å². The molecule has 0 radical (unpaired) electrons. The minimum absolute atomic E-state index is 0.123. The number of carbonyl (C=O) groups excluding carboxylic acids is 1. The van der Waals surface area contributed by atoms with Crippen molar-refractivity contribution in [2.24, 2.45) is 0 Å². The third-order valence-corrected chi connectivity index (χ3v) is 4.62. The van der Waals surface area contributed by atoms with Crippen LogP contribution in [-0.2, 0) is 4.79 Å². The van der Waals surface area contributed by atoms with Gasteiger partial charge in [0.1, 0.15) is 11.3 Å². The number of fused-ring (bicyclic) bond motifs is 1. The van der Waals surface area contributed by atoms with E-state index >= 15 is 0 Å². The van der Waals surface area contributed by atoms with Gasteiger partial charge in [-0.3, -0.25) is 4.79 Å². The third-order valence-electron chi connectivity index (χ3n) is 4.62. The molecule has 0 saturated heterocycles. The summed E-state index contributed by atoms with van der Waals surface area (Å²) in [5.41, 5.74) is 3.07. The van der Waals surface area contributed by atoms with Crippen LogP contribution in [0.15, 0.2) is 57.7 Å². The number of rotatable bonds is 5. The summed E-state index contributed by atoms with van der Waals surface area (Å²) < 4.78 is 11.0. The molecule has 0 bridgehead atoms. The lowest BCUT2D eigenvalue weighted by Crippen LogP contribution is -2.37. The summed E-state index contributed by atoms with van der Waals surface area (Å²) in [6, 6.07) is 14.5. The van der Waals surface area contributed by atoms with Crippen molar-refractivity contribution in [3.05, 3.63) is 75.6 Å². The van der Waals surface area contributed by atoms with Gasteiger partial charge in [-0.25, -0.2) is 4.79 Å². The molecule has 5 heteroatoms. The first-order valence-electron chi connectivity index (χ1n) is 8.92. The van der Waals surface area contributed by atoms with Crippen LogP contribution in [0.25, 0.3) is 11.0 Å². The smallest absolute Gasteiger partial charge is 0.336 e. The van der Waals surface area contributed by atoms with E-state index in [1.807, 2.05) is 51.1 Å².